The van der Waals surface area contributed by atoms with Crippen molar-refractivity contribution < 1.29 is 0 Å². The van der Waals surface area contributed by atoms with E-state index in [0.29, 0.717) is 9.52 Å². The summed E-state index contributed by atoms with van der Waals surface area (Å²) in [6.45, 7) is 4.82. The van der Waals surface area contributed by atoms with Gasteiger partial charge in [0.25, 0.3) is 0 Å². The third-order valence-corrected chi connectivity index (χ3v) is 9.00. The van der Waals surface area contributed by atoms with Crippen LogP contribution >= 0.6 is 0 Å². The average molecular weight is 147 g/mol. The van der Waals surface area contributed by atoms with Crippen molar-refractivity contribution >= 4 is 18.5 Å². The fourth-order valence-corrected chi connectivity index (χ4v) is 6.08. The van der Waals surface area contributed by atoms with Crippen LogP contribution in [0, 0.1) is 0 Å². The maximum atomic E-state index is 2.43. The van der Waals surface area contributed by atoms with Crippen LogP contribution in [0.5, 0.6) is 0 Å². The first kappa shape index (κ1) is 8.39. The zero-order valence-electron chi connectivity index (χ0n) is 6.44. The molecule has 0 rings (SSSR count). The highest BCUT2D eigenvalue weighted by molar-refractivity contribution is 6.66. The molecule has 1 atom stereocenters. The third kappa shape index (κ3) is 3.40. The van der Waals surface area contributed by atoms with Crippen molar-refractivity contribution in [1.29, 1.82) is 0 Å². The number of rotatable bonds is 3. The second kappa shape index (κ2) is 4.29. The number of hydrogen-bond acceptors (Lipinski definition) is 1. The van der Waals surface area contributed by atoms with Crippen LogP contribution < -0.4 is 0 Å². The van der Waals surface area contributed by atoms with Gasteiger partial charge in [0.15, 0.2) is 0 Å². The summed E-state index contributed by atoms with van der Waals surface area (Å²) < 4.78 is 2.43. The lowest BCUT2D eigenvalue weighted by Crippen LogP contribution is -2.30. The van der Waals surface area contributed by atoms with Gasteiger partial charge in [-0.2, -0.15) is 0 Å². The molecule has 0 bridgehead atoms. The van der Waals surface area contributed by atoms with E-state index >= 15 is 0 Å². The van der Waals surface area contributed by atoms with Crippen LogP contribution in [0.2, 0.25) is 18.8 Å². The van der Waals surface area contributed by atoms with Crippen LogP contribution in [0.25, 0.3) is 0 Å². The maximum absolute atomic E-state index is 2.43. The van der Waals surface area contributed by atoms with Gasteiger partial charge >= 0.3 is 0 Å². The lowest BCUT2D eigenvalue weighted by atomic mass is 11.3. The highest BCUT2D eigenvalue weighted by Gasteiger charge is 2.02. The van der Waals surface area contributed by atoms with Crippen LogP contribution in [0.15, 0.2) is 0 Å². The Hall–Kier alpha value is 0.394. The molecule has 0 aromatic heterocycles. The largest absolute Gasteiger partial charge is 0.332 e. The van der Waals surface area contributed by atoms with Crippen LogP contribution in [-0.2, 0) is 0 Å². The van der Waals surface area contributed by atoms with E-state index in [2.05, 4.69) is 31.8 Å². The van der Waals surface area contributed by atoms with Gasteiger partial charge in [0, 0.05) is 9.52 Å². The molecule has 0 aliphatic rings. The van der Waals surface area contributed by atoms with Gasteiger partial charge in [-0.15, -0.1) is 0 Å². The van der Waals surface area contributed by atoms with Crippen molar-refractivity contribution in [3.8, 4) is 0 Å². The Morgan fingerprint density at radius 3 is 2.12 bits per heavy atom. The minimum absolute atomic E-state index is 0.344. The van der Waals surface area contributed by atoms with Gasteiger partial charge in [-0.1, -0.05) is 18.8 Å². The lowest BCUT2D eigenvalue weighted by Gasteiger charge is -2.16. The van der Waals surface area contributed by atoms with E-state index < -0.39 is 0 Å². The first-order valence-corrected chi connectivity index (χ1v) is 8.25. The number of nitrogens with zero attached hydrogens (tertiary/aromatic N) is 1. The summed E-state index contributed by atoms with van der Waals surface area (Å²) in [5.41, 5.74) is 1.59. The highest BCUT2D eigenvalue weighted by Crippen LogP contribution is 1.91. The Balaban J connectivity index is 3.17. The summed E-state index contributed by atoms with van der Waals surface area (Å²) in [6, 6.07) is 0. The molecule has 0 aliphatic carbocycles. The van der Waals surface area contributed by atoms with Gasteiger partial charge in [-0.3, -0.25) is 0 Å². The molecule has 0 aliphatic heterocycles. The Morgan fingerprint density at radius 1 is 1.50 bits per heavy atom. The molecule has 50 valence electrons. The normalized spacial score (nSPS) is 16.1. The Bertz CT molecular complexity index is 56.4. The fourth-order valence-electron chi connectivity index (χ4n) is 0.676. The van der Waals surface area contributed by atoms with Crippen LogP contribution in [-0.4, -0.2) is 37.1 Å². The van der Waals surface area contributed by atoms with Crippen molar-refractivity contribution in [3.63, 3.8) is 0 Å². The Labute approximate surface area is 56.6 Å². The first-order valence-electron chi connectivity index (χ1n) is 3.35. The second-order valence-electron chi connectivity index (χ2n) is 2.60. The van der Waals surface area contributed by atoms with E-state index in [-0.39, 0.29) is 8.96 Å². The van der Waals surface area contributed by atoms with E-state index in [1.54, 1.807) is 5.67 Å². The first-order chi connectivity index (χ1) is 3.68. The second-order valence-corrected chi connectivity index (χ2v) is 8.64. The zero-order chi connectivity index (χ0) is 6.57. The fraction of sp³-hybridized carbons (Fsp3) is 1.00. The minimum Gasteiger partial charge on any atom is -0.332 e. The molecular formula is C5H17NSi2. The predicted molar refractivity (Wildman–Crippen MR) is 45.9 cm³/mol. The average Bonchev–Trinajstić information content (AvgIpc) is 1.67. The van der Waals surface area contributed by atoms with Gasteiger partial charge in [-0.25, -0.2) is 0 Å². The lowest BCUT2D eigenvalue weighted by molar-refractivity contribution is 0.646. The molecule has 0 spiro atoms. The standard InChI is InChI=1S/C5H17NSi2/c1-6(2)8(4)5-7-3/h8H,5,7H2,1-4H3. The minimum atomic E-state index is -0.380. The molecule has 0 saturated carbocycles. The topological polar surface area (TPSA) is 3.24 Å². The van der Waals surface area contributed by atoms with Gasteiger partial charge in [0.05, 0.1) is 0 Å². The molecule has 0 N–H and O–H groups in total. The van der Waals surface area contributed by atoms with Crippen molar-refractivity contribution in [3.05, 3.63) is 0 Å². The van der Waals surface area contributed by atoms with Crippen molar-refractivity contribution in [1.82, 2.24) is 4.57 Å². The summed E-state index contributed by atoms with van der Waals surface area (Å²) >= 11 is 0. The maximum Gasteiger partial charge on any atom is 0.105 e. The van der Waals surface area contributed by atoms with E-state index in [1.807, 2.05) is 0 Å². The smallest absolute Gasteiger partial charge is 0.105 e. The summed E-state index contributed by atoms with van der Waals surface area (Å²) in [4.78, 5) is 0. The van der Waals surface area contributed by atoms with E-state index in [9.17, 15) is 0 Å². The molecule has 0 heterocycles. The Kier molecular flexibility index (Phi) is 4.50. The summed E-state index contributed by atoms with van der Waals surface area (Å²) in [7, 11) is 4.38. The summed E-state index contributed by atoms with van der Waals surface area (Å²) in [5, 5.41) is 0. The highest BCUT2D eigenvalue weighted by atomic mass is 28.3. The molecule has 8 heavy (non-hydrogen) atoms. The molecule has 0 aromatic rings. The van der Waals surface area contributed by atoms with Crippen LogP contribution in [0.3, 0.4) is 0 Å². The van der Waals surface area contributed by atoms with Crippen LogP contribution in [0.4, 0.5) is 0 Å². The molecular weight excluding hydrogens is 130 g/mol. The van der Waals surface area contributed by atoms with Gasteiger partial charge in [0.2, 0.25) is 0 Å². The van der Waals surface area contributed by atoms with E-state index in [0.717, 1.165) is 0 Å². The van der Waals surface area contributed by atoms with Gasteiger partial charge in [0.1, 0.15) is 8.96 Å². The molecule has 1 unspecified atom stereocenters. The monoisotopic (exact) mass is 147 g/mol. The van der Waals surface area contributed by atoms with Crippen LogP contribution in [0.1, 0.15) is 0 Å². The third-order valence-electron chi connectivity index (χ3n) is 1.59. The van der Waals surface area contributed by atoms with Gasteiger partial charge in [-0.05, 0) is 14.1 Å². The molecule has 0 radical (unpaired) electrons. The Morgan fingerprint density at radius 2 is 2.00 bits per heavy atom. The molecule has 0 aromatic carbocycles. The zero-order valence-corrected chi connectivity index (χ0v) is 9.01. The van der Waals surface area contributed by atoms with Crippen molar-refractivity contribution in [2.75, 3.05) is 14.1 Å². The van der Waals surface area contributed by atoms with E-state index in [1.165, 1.54) is 0 Å². The predicted octanol–water partition coefficient (Wildman–Crippen LogP) is 0.0760. The van der Waals surface area contributed by atoms with Gasteiger partial charge < -0.3 is 4.57 Å². The molecule has 0 saturated heterocycles. The molecule has 0 amide bonds. The SMILES string of the molecule is C[SiH2]C[SiH](C)N(C)C. The summed E-state index contributed by atoms with van der Waals surface area (Å²) in [6.07, 6.45) is 0. The molecule has 3 heteroatoms. The van der Waals surface area contributed by atoms with Crippen molar-refractivity contribution in [2.45, 2.75) is 18.8 Å². The van der Waals surface area contributed by atoms with Crippen molar-refractivity contribution in [2.24, 2.45) is 0 Å². The van der Waals surface area contributed by atoms with E-state index in [4.69, 9.17) is 0 Å². The quantitative estimate of drug-likeness (QED) is 0.511. The summed E-state index contributed by atoms with van der Waals surface area (Å²) in [5.74, 6) is 0. The molecule has 1 nitrogen and oxygen atoms in total. The number of hydrogen-bond donors (Lipinski definition) is 0. The molecule has 0 fully saturated rings.